The fraction of sp³-hybridized carbons (Fsp3) is 0.129. The van der Waals surface area contributed by atoms with Crippen LogP contribution in [0.5, 0.6) is 5.75 Å². The zero-order valence-corrected chi connectivity index (χ0v) is 20.7. The van der Waals surface area contributed by atoms with E-state index in [9.17, 15) is 13.6 Å². The number of carbonyl (C=O) groups excluding carboxylic acids is 1. The number of hydrogen-bond donors (Lipinski definition) is 1. The van der Waals surface area contributed by atoms with Crippen LogP contribution in [0.3, 0.4) is 0 Å². The maximum absolute atomic E-state index is 14.0. The van der Waals surface area contributed by atoms with Gasteiger partial charge in [-0.05, 0) is 60.9 Å². The topological polar surface area (TPSA) is 51.5 Å². The summed E-state index contributed by atoms with van der Waals surface area (Å²) in [5, 5.41) is 5.60. The first-order chi connectivity index (χ1) is 17.9. The fourth-order valence-electron chi connectivity index (χ4n) is 4.64. The Bertz CT molecular complexity index is 1680. The van der Waals surface area contributed by atoms with Crippen molar-refractivity contribution in [2.24, 2.45) is 0 Å². The molecule has 5 rings (SSSR count). The van der Waals surface area contributed by atoms with Crippen molar-refractivity contribution in [1.82, 2.24) is 0 Å². The van der Waals surface area contributed by atoms with E-state index in [1.807, 2.05) is 38.1 Å². The number of rotatable bonds is 6. The first kappa shape index (κ1) is 24.3. The second-order valence-electron chi connectivity index (χ2n) is 8.80. The molecule has 4 aromatic carbocycles. The van der Waals surface area contributed by atoms with Crippen LogP contribution in [0.15, 0.2) is 83.5 Å². The van der Waals surface area contributed by atoms with Crippen molar-refractivity contribution in [3.63, 3.8) is 0 Å². The molecule has 0 bridgehead atoms. The molecule has 0 aliphatic rings. The summed E-state index contributed by atoms with van der Waals surface area (Å²) < 4.78 is 39.3. The number of anilines is 1. The molecule has 0 saturated heterocycles. The molecule has 37 heavy (non-hydrogen) atoms. The monoisotopic (exact) mass is 497 g/mol. The van der Waals surface area contributed by atoms with Crippen molar-refractivity contribution < 1.29 is 22.7 Å². The summed E-state index contributed by atoms with van der Waals surface area (Å²) in [5.41, 5.74) is 4.75. The molecule has 0 aliphatic heterocycles. The van der Waals surface area contributed by atoms with Crippen LogP contribution >= 0.6 is 0 Å². The third-order valence-corrected chi connectivity index (χ3v) is 6.37. The number of fused-ring (bicyclic) bond motifs is 2. The van der Waals surface area contributed by atoms with Gasteiger partial charge < -0.3 is 14.5 Å². The number of furan rings is 1. The van der Waals surface area contributed by atoms with Crippen molar-refractivity contribution in [1.29, 1.82) is 0 Å². The molecule has 186 valence electrons. The third kappa shape index (κ3) is 4.58. The van der Waals surface area contributed by atoms with Gasteiger partial charge >= 0.3 is 0 Å². The Balaban J connectivity index is 1.62. The van der Waals surface area contributed by atoms with Crippen LogP contribution < -0.4 is 10.1 Å². The molecule has 0 unspecified atom stereocenters. The summed E-state index contributed by atoms with van der Waals surface area (Å²) in [6, 6.07) is 19.3. The molecule has 0 atom stereocenters. The average Bonchev–Trinajstić information content (AvgIpc) is 3.31. The summed E-state index contributed by atoms with van der Waals surface area (Å²) in [6.45, 7) is 6.03. The minimum atomic E-state index is -0.843. The standard InChI is InChI=1S/C31H25F2NO3/c1-4-36-30-19(3)31-25(26(17-37-31)23-11-7-9-20-8-5-6-10-22(20)23)16-24(30)18(2)14-29(35)34-28-13-12-21(32)15-27(28)33/h5-17H,4H2,1-3H3,(H,34,35)/b18-14+. The Hall–Kier alpha value is -4.45. The van der Waals surface area contributed by atoms with Gasteiger partial charge in [-0.15, -0.1) is 0 Å². The van der Waals surface area contributed by atoms with Crippen LogP contribution in [-0.2, 0) is 4.79 Å². The Labute approximate surface area is 213 Å². The predicted octanol–water partition coefficient (Wildman–Crippen LogP) is 8.28. The van der Waals surface area contributed by atoms with Crippen molar-refractivity contribution >= 4 is 38.9 Å². The van der Waals surface area contributed by atoms with Gasteiger partial charge in [-0.1, -0.05) is 42.5 Å². The highest BCUT2D eigenvalue weighted by atomic mass is 19.1. The van der Waals surface area contributed by atoms with E-state index < -0.39 is 17.5 Å². The van der Waals surface area contributed by atoms with Gasteiger partial charge in [-0.3, -0.25) is 4.79 Å². The second kappa shape index (κ2) is 9.90. The van der Waals surface area contributed by atoms with Crippen LogP contribution in [-0.4, -0.2) is 12.5 Å². The average molecular weight is 498 g/mol. The Morgan fingerprint density at radius 3 is 2.57 bits per heavy atom. The smallest absolute Gasteiger partial charge is 0.248 e. The highest BCUT2D eigenvalue weighted by Crippen LogP contribution is 2.42. The quantitative estimate of drug-likeness (QED) is 0.240. The summed E-state index contributed by atoms with van der Waals surface area (Å²) in [7, 11) is 0. The largest absolute Gasteiger partial charge is 0.493 e. The van der Waals surface area contributed by atoms with Gasteiger partial charge in [0.05, 0.1) is 18.6 Å². The number of nitrogens with one attached hydrogen (secondary N) is 1. The SMILES string of the molecule is CCOc1c(/C(C)=C/C(=O)Nc2ccc(F)cc2F)cc2c(-c3cccc4ccccc34)coc2c1C. The number of aryl methyl sites for hydroxylation is 1. The lowest BCUT2D eigenvalue weighted by Gasteiger charge is -2.15. The number of allylic oxidation sites excluding steroid dienone is 1. The molecule has 0 radical (unpaired) electrons. The Morgan fingerprint density at radius 1 is 1.00 bits per heavy atom. The molecule has 0 saturated carbocycles. The van der Waals surface area contributed by atoms with Gasteiger partial charge in [0.15, 0.2) is 0 Å². The number of benzene rings is 4. The van der Waals surface area contributed by atoms with Crippen LogP contribution in [0, 0.1) is 18.6 Å². The molecule has 0 fully saturated rings. The van der Waals surface area contributed by atoms with Crippen LogP contribution in [0.1, 0.15) is 25.0 Å². The lowest BCUT2D eigenvalue weighted by atomic mass is 9.94. The first-order valence-electron chi connectivity index (χ1n) is 12.0. The molecule has 1 N–H and O–H groups in total. The maximum Gasteiger partial charge on any atom is 0.248 e. The first-order valence-corrected chi connectivity index (χ1v) is 12.0. The molecule has 0 aliphatic carbocycles. The van der Waals surface area contributed by atoms with Crippen molar-refractivity contribution in [2.75, 3.05) is 11.9 Å². The molecule has 0 spiro atoms. The number of carbonyl (C=O) groups is 1. The van der Waals surface area contributed by atoms with Crippen molar-refractivity contribution in [3.8, 4) is 16.9 Å². The van der Waals surface area contributed by atoms with Crippen LogP contribution in [0.25, 0.3) is 38.4 Å². The molecule has 6 heteroatoms. The third-order valence-electron chi connectivity index (χ3n) is 6.37. The van der Waals surface area contributed by atoms with E-state index >= 15 is 0 Å². The van der Waals surface area contributed by atoms with Gasteiger partial charge in [0, 0.05) is 34.2 Å². The zero-order valence-electron chi connectivity index (χ0n) is 20.7. The maximum atomic E-state index is 14.0. The highest BCUT2D eigenvalue weighted by Gasteiger charge is 2.20. The van der Waals surface area contributed by atoms with E-state index in [2.05, 4.69) is 29.6 Å². The van der Waals surface area contributed by atoms with E-state index in [-0.39, 0.29) is 5.69 Å². The molecule has 5 aromatic rings. The van der Waals surface area contributed by atoms with Gasteiger partial charge in [0.2, 0.25) is 5.91 Å². The lowest BCUT2D eigenvalue weighted by Crippen LogP contribution is -2.10. The van der Waals surface area contributed by atoms with Crippen molar-refractivity contribution in [2.45, 2.75) is 20.8 Å². The summed E-state index contributed by atoms with van der Waals surface area (Å²) in [4.78, 5) is 12.7. The molecule has 1 amide bonds. The van der Waals surface area contributed by atoms with Crippen LogP contribution in [0.4, 0.5) is 14.5 Å². The number of ether oxygens (including phenoxy) is 1. The number of halogens is 2. The fourth-order valence-corrected chi connectivity index (χ4v) is 4.64. The van der Waals surface area contributed by atoms with E-state index in [1.165, 1.54) is 12.1 Å². The summed E-state index contributed by atoms with van der Waals surface area (Å²) >= 11 is 0. The summed E-state index contributed by atoms with van der Waals surface area (Å²) in [5.74, 6) is -1.48. The van der Waals surface area contributed by atoms with E-state index in [4.69, 9.17) is 9.15 Å². The molecule has 4 nitrogen and oxygen atoms in total. The van der Waals surface area contributed by atoms with Crippen molar-refractivity contribution in [3.05, 3.63) is 102 Å². The van der Waals surface area contributed by atoms with Gasteiger partial charge in [-0.2, -0.15) is 0 Å². The Kier molecular flexibility index (Phi) is 6.49. The number of hydrogen-bond acceptors (Lipinski definition) is 3. The number of amides is 1. The van der Waals surface area contributed by atoms with E-state index in [0.717, 1.165) is 50.5 Å². The minimum absolute atomic E-state index is 0.0970. The molecular formula is C31H25F2NO3. The highest BCUT2D eigenvalue weighted by molar-refractivity contribution is 6.08. The van der Waals surface area contributed by atoms with Gasteiger partial charge in [0.25, 0.3) is 0 Å². The van der Waals surface area contributed by atoms with Gasteiger partial charge in [0.1, 0.15) is 23.0 Å². The molecule has 1 heterocycles. The van der Waals surface area contributed by atoms with Crippen LogP contribution in [0.2, 0.25) is 0 Å². The normalized spacial score (nSPS) is 11.8. The molecular weight excluding hydrogens is 472 g/mol. The Morgan fingerprint density at radius 2 is 1.78 bits per heavy atom. The second-order valence-corrected chi connectivity index (χ2v) is 8.80. The van der Waals surface area contributed by atoms with E-state index in [0.29, 0.717) is 23.5 Å². The zero-order chi connectivity index (χ0) is 26.1. The van der Waals surface area contributed by atoms with E-state index in [1.54, 1.807) is 13.2 Å². The summed E-state index contributed by atoms with van der Waals surface area (Å²) in [6.07, 6.45) is 3.13. The molecule has 1 aromatic heterocycles. The van der Waals surface area contributed by atoms with Gasteiger partial charge in [-0.25, -0.2) is 8.78 Å². The predicted molar refractivity (Wildman–Crippen MR) is 144 cm³/mol. The minimum Gasteiger partial charge on any atom is -0.493 e. The lowest BCUT2D eigenvalue weighted by molar-refractivity contribution is -0.111.